The van der Waals surface area contributed by atoms with Crippen LogP contribution >= 0.6 is 0 Å². The molecule has 2 amide bonds. The van der Waals surface area contributed by atoms with E-state index in [1.807, 2.05) is 11.6 Å². The number of hydrogen-bond acceptors (Lipinski definition) is 7. The van der Waals surface area contributed by atoms with E-state index in [9.17, 15) is 45.7 Å². The summed E-state index contributed by atoms with van der Waals surface area (Å²) in [5.74, 6) is -3.24. The Morgan fingerprint density at radius 1 is 0.976 bits per heavy atom. The SMILES string of the molecule is CCCCCC(=O)NS(=O)(=O)c1ccccc1NC(=O)c1ccc(Nc2ccc(C(F)(F)F)c(F)c2)c([N+](=O)[O-])c1. The van der Waals surface area contributed by atoms with Crippen molar-refractivity contribution in [3.05, 3.63) is 87.7 Å². The van der Waals surface area contributed by atoms with Crippen molar-refractivity contribution >= 4 is 44.6 Å². The summed E-state index contributed by atoms with van der Waals surface area (Å²) < 4.78 is 79.9. The van der Waals surface area contributed by atoms with Crippen LogP contribution in [0.1, 0.15) is 48.5 Å². The molecule has 3 N–H and O–H groups in total. The fourth-order valence-electron chi connectivity index (χ4n) is 3.70. The lowest BCUT2D eigenvalue weighted by Crippen LogP contribution is -2.31. The zero-order chi connectivity index (χ0) is 30.4. The molecule has 0 unspecified atom stereocenters. The van der Waals surface area contributed by atoms with Crippen molar-refractivity contribution in [1.82, 2.24) is 4.72 Å². The van der Waals surface area contributed by atoms with Crippen LogP contribution in [-0.4, -0.2) is 25.2 Å². The predicted molar refractivity (Wildman–Crippen MR) is 142 cm³/mol. The molecule has 0 aromatic heterocycles. The Labute approximate surface area is 232 Å². The first-order valence-electron chi connectivity index (χ1n) is 12.1. The fourth-order valence-corrected chi connectivity index (χ4v) is 4.88. The molecule has 0 aliphatic heterocycles. The van der Waals surface area contributed by atoms with Crippen molar-refractivity contribution in [2.24, 2.45) is 0 Å². The first-order chi connectivity index (χ1) is 19.2. The molecule has 0 saturated carbocycles. The second-order valence-electron chi connectivity index (χ2n) is 8.74. The van der Waals surface area contributed by atoms with Gasteiger partial charge in [-0.2, -0.15) is 13.2 Å². The lowest BCUT2D eigenvalue weighted by molar-refractivity contribution is -0.383. The van der Waals surface area contributed by atoms with Crippen molar-refractivity contribution in [2.75, 3.05) is 10.6 Å². The van der Waals surface area contributed by atoms with Crippen LogP contribution in [0.5, 0.6) is 0 Å². The van der Waals surface area contributed by atoms with Gasteiger partial charge in [0.05, 0.1) is 16.2 Å². The summed E-state index contributed by atoms with van der Waals surface area (Å²) in [6, 6.07) is 10.2. The summed E-state index contributed by atoms with van der Waals surface area (Å²) in [7, 11) is -4.37. The standard InChI is InChI=1S/C26H24F4N4O6S/c1-2-3-4-9-24(35)33-41(39,40)23-8-6-5-7-21(23)32-25(36)16-10-13-20(22(14-16)34(37)38)31-17-11-12-18(19(27)15-17)26(28,29)30/h5-8,10-15,31H,2-4,9H2,1H3,(H,32,36)(H,33,35). The highest BCUT2D eigenvalue weighted by atomic mass is 32.2. The number of nitrogens with zero attached hydrogens (tertiary/aromatic N) is 1. The number of nitrogens with one attached hydrogen (secondary N) is 3. The number of amides is 2. The monoisotopic (exact) mass is 596 g/mol. The van der Waals surface area contributed by atoms with Crippen LogP contribution in [0, 0.1) is 15.9 Å². The average molecular weight is 597 g/mol. The Kier molecular flexibility index (Phi) is 9.65. The van der Waals surface area contributed by atoms with E-state index < -0.39 is 54.9 Å². The molecule has 0 bridgehead atoms. The van der Waals surface area contributed by atoms with E-state index in [2.05, 4.69) is 10.6 Å². The van der Waals surface area contributed by atoms with E-state index in [0.29, 0.717) is 18.6 Å². The Bertz CT molecular complexity index is 1580. The number of nitro groups is 1. The zero-order valence-electron chi connectivity index (χ0n) is 21.4. The Morgan fingerprint density at radius 2 is 1.68 bits per heavy atom. The fraction of sp³-hybridized carbons (Fsp3) is 0.231. The number of carbonyl (C=O) groups is 2. The van der Waals surface area contributed by atoms with Crippen LogP contribution in [0.25, 0.3) is 0 Å². The highest BCUT2D eigenvalue weighted by Gasteiger charge is 2.34. The van der Waals surface area contributed by atoms with Crippen LogP contribution in [0.4, 0.5) is 40.3 Å². The maximum absolute atomic E-state index is 13.9. The maximum Gasteiger partial charge on any atom is 0.419 e. The Hall–Kier alpha value is -4.53. The van der Waals surface area contributed by atoms with Crippen LogP contribution in [0.2, 0.25) is 0 Å². The quantitative estimate of drug-likeness (QED) is 0.104. The summed E-state index contributed by atoms with van der Waals surface area (Å²) in [5.41, 5.74) is -3.11. The van der Waals surface area contributed by atoms with Crippen molar-refractivity contribution in [2.45, 2.75) is 43.7 Å². The predicted octanol–water partition coefficient (Wildman–Crippen LogP) is 6.13. The third-order valence-electron chi connectivity index (χ3n) is 5.69. The highest BCUT2D eigenvalue weighted by Crippen LogP contribution is 2.34. The lowest BCUT2D eigenvalue weighted by Gasteiger charge is -2.13. The normalized spacial score (nSPS) is 11.5. The van der Waals surface area contributed by atoms with E-state index in [0.717, 1.165) is 43.2 Å². The van der Waals surface area contributed by atoms with Gasteiger partial charge in [0, 0.05) is 23.7 Å². The number of benzene rings is 3. The Balaban J connectivity index is 1.83. The number of halogens is 4. The van der Waals surface area contributed by atoms with Gasteiger partial charge in [-0.15, -0.1) is 0 Å². The molecule has 0 fully saturated rings. The molecule has 3 aromatic carbocycles. The smallest absolute Gasteiger partial charge is 0.350 e. The van der Waals surface area contributed by atoms with E-state index in [-0.39, 0.29) is 29.0 Å². The summed E-state index contributed by atoms with van der Waals surface area (Å²) in [6.45, 7) is 1.92. The number of sulfonamides is 1. The van der Waals surface area contributed by atoms with Crippen LogP contribution < -0.4 is 15.4 Å². The number of para-hydroxylation sites is 1. The van der Waals surface area contributed by atoms with Gasteiger partial charge < -0.3 is 10.6 Å². The van der Waals surface area contributed by atoms with Crippen LogP contribution in [0.15, 0.2) is 65.6 Å². The van der Waals surface area contributed by atoms with Gasteiger partial charge >= 0.3 is 6.18 Å². The number of alkyl halides is 3. The van der Waals surface area contributed by atoms with Crippen LogP contribution in [0.3, 0.4) is 0 Å². The molecule has 0 spiro atoms. The minimum atomic E-state index is -4.93. The van der Waals surface area contributed by atoms with Gasteiger partial charge in [0.2, 0.25) is 5.91 Å². The van der Waals surface area contributed by atoms with Gasteiger partial charge in [0.1, 0.15) is 16.4 Å². The number of carbonyl (C=O) groups excluding carboxylic acids is 2. The first kappa shape index (κ1) is 31.0. The van der Waals surface area contributed by atoms with Gasteiger partial charge in [-0.25, -0.2) is 17.5 Å². The average Bonchev–Trinajstić information content (AvgIpc) is 2.88. The number of anilines is 3. The molecule has 41 heavy (non-hydrogen) atoms. The largest absolute Gasteiger partial charge is 0.419 e. The van der Waals surface area contributed by atoms with Gasteiger partial charge in [0.15, 0.2) is 0 Å². The number of nitro benzene ring substituents is 1. The summed E-state index contributed by atoms with van der Waals surface area (Å²) >= 11 is 0. The number of rotatable bonds is 11. The van der Waals surface area contributed by atoms with E-state index in [4.69, 9.17) is 0 Å². The van der Waals surface area contributed by atoms with E-state index in [1.54, 1.807) is 0 Å². The van der Waals surface area contributed by atoms with Gasteiger partial charge in [-0.3, -0.25) is 19.7 Å². The molecule has 0 aliphatic carbocycles. The third-order valence-corrected chi connectivity index (χ3v) is 7.12. The van der Waals surface area contributed by atoms with Crippen molar-refractivity contribution < 1.29 is 40.5 Å². The van der Waals surface area contributed by atoms with Crippen molar-refractivity contribution in [1.29, 1.82) is 0 Å². The van der Waals surface area contributed by atoms with Gasteiger partial charge in [-0.1, -0.05) is 31.9 Å². The molecule has 15 heteroatoms. The second-order valence-corrected chi connectivity index (χ2v) is 10.4. The highest BCUT2D eigenvalue weighted by molar-refractivity contribution is 7.90. The number of unbranched alkanes of at least 4 members (excludes halogenated alkanes) is 2. The molecule has 0 aliphatic rings. The van der Waals surface area contributed by atoms with Gasteiger partial charge in [0.25, 0.3) is 21.6 Å². The van der Waals surface area contributed by atoms with E-state index >= 15 is 0 Å². The van der Waals surface area contributed by atoms with Crippen molar-refractivity contribution in [3.8, 4) is 0 Å². The maximum atomic E-state index is 13.9. The molecule has 10 nitrogen and oxygen atoms in total. The van der Waals surface area contributed by atoms with Crippen LogP contribution in [-0.2, 0) is 21.0 Å². The molecule has 0 saturated heterocycles. The zero-order valence-corrected chi connectivity index (χ0v) is 22.2. The summed E-state index contributed by atoms with van der Waals surface area (Å²) in [5, 5.41) is 16.5. The molecular formula is C26H24F4N4O6S. The third kappa shape index (κ3) is 8.00. The molecule has 3 aromatic rings. The first-order valence-corrected chi connectivity index (χ1v) is 13.6. The molecule has 0 heterocycles. The lowest BCUT2D eigenvalue weighted by atomic mass is 10.1. The van der Waals surface area contributed by atoms with E-state index in [1.165, 1.54) is 18.2 Å². The molecule has 0 radical (unpaired) electrons. The van der Waals surface area contributed by atoms with Gasteiger partial charge in [-0.05, 0) is 48.9 Å². The summed E-state index contributed by atoms with van der Waals surface area (Å²) in [4.78, 5) is 35.4. The number of hydrogen-bond donors (Lipinski definition) is 3. The molecule has 0 atom stereocenters. The minimum absolute atomic E-state index is 0.00916. The molecular weight excluding hydrogens is 572 g/mol. The summed E-state index contributed by atoms with van der Waals surface area (Å²) in [6.07, 6.45) is -2.88. The van der Waals surface area contributed by atoms with Crippen molar-refractivity contribution in [3.63, 3.8) is 0 Å². The second kappa shape index (κ2) is 12.8. The Morgan fingerprint density at radius 3 is 2.32 bits per heavy atom. The topological polar surface area (TPSA) is 148 Å². The minimum Gasteiger partial charge on any atom is -0.350 e. The molecule has 3 rings (SSSR count). The molecule has 218 valence electrons.